The molecule has 1 aliphatic heterocycles. The largest absolute Gasteiger partial charge is 0.297 e. The maximum absolute atomic E-state index is 3.38. The zero-order chi connectivity index (χ0) is 11.5. The molecule has 2 aliphatic carbocycles. The Hall–Kier alpha value is -0.970. The summed E-state index contributed by atoms with van der Waals surface area (Å²) < 4.78 is 0. The number of nitrogens with zero attached hydrogens (tertiary/aromatic N) is 4. The maximum Gasteiger partial charge on any atom is 0.161 e. The minimum Gasteiger partial charge on any atom is -0.297 e. The third kappa shape index (κ3) is 3.03. The fourth-order valence-electron chi connectivity index (χ4n) is 2.96. The van der Waals surface area contributed by atoms with Crippen LogP contribution in [0.1, 0.15) is 44.9 Å². The van der Waals surface area contributed by atoms with Gasteiger partial charge in [-0.15, -0.1) is 10.2 Å². The summed E-state index contributed by atoms with van der Waals surface area (Å²) in [6, 6.07) is 2.04. The Labute approximate surface area is 102 Å². The van der Waals surface area contributed by atoms with E-state index < -0.39 is 0 Å². The highest BCUT2D eigenvalue weighted by molar-refractivity contribution is 4.96. The van der Waals surface area contributed by atoms with Crippen LogP contribution in [0.4, 0.5) is 0 Å². The molecule has 0 radical (unpaired) electrons. The number of tetrazole rings is 1. The van der Waals surface area contributed by atoms with Crippen molar-refractivity contribution in [2.24, 2.45) is 5.92 Å². The molecule has 1 aromatic heterocycles. The predicted molar refractivity (Wildman–Crippen MR) is 64.3 cm³/mol. The molecule has 0 bridgehead atoms. The van der Waals surface area contributed by atoms with Gasteiger partial charge in [-0.1, -0.05) is 11.6 Å². The number of rotatable bonds is 2. The standard InChI is InChI=1S/C11H19N.CH2N4/c1-2-8-12(10-6-7-10)11(3-1)9-4-5-9;1-2-4-5-3-1/h9-11H,1-8H2;1H,(H,2,3,4,5). The van der Waals surface area contributed by atoms with Crippen LogP contribution in [0.25, 0.3) is 0 Å². The van der Waals surface area contributed by atoms with Crippen molar-refractivity contribution in [2.75, 3.05) is 6.54 Å². The van der Waals surface area contributed by atoms with Gasteiger partial charge in [-0.3, -0.25) is 4.90 Å². The van der Waals surface area contributed by atoms with Crippen LogP contribution in [0.5, 0.6) is 0 Å². The van der Waals surface area contributed by atoms with E-state index in [0.29, 0.717) is 0 Å². The fraction of sp³-hybridized carbons (Fsp3) is 0.917. The van der Waals surface area contributed by atoms with Gasteiger partial charge in [0.05, 0.1) is 0 Å². The highest BCUT2D eigenvalue weighted by Gasteiger charge is 2.41. The zero-order valence-electron chi connectivity index (χ0n) is 10.3. The van der Waals surface area contributed by atoms with Crippen LogP contribution in [0.2, 0.25) is 0 Å². The average Bonchev–Trinajstić information content (AvgIpc) is 3.30. The Balaban J connectivity index is 0.000000153. The molecular weight excluding hydrogens is 214 g/mol. The number of piperidine rings is 1. The minimum atomic E-state index is 1.02. The van der Waals surface area contributed by atoms with Crippen molar-refractivity contribution in [3.63, 3.8) is 0 Å². The van der Waals surface area contributed by atoms with E-state index in [9.17, 15) is 0 Å². The van der Waals surface area contributed by atoms with Crippen LogP contribution in [0, 0.1) is 5.92 Å². The Morgan fingerprint density at radius 1 is 1.06 bits per heavy atom. The number of nitrogens with one attached hydrogen (secondary N) is 1. The summed E-state index contributed by atoms with van der Waals surface area (Å²) in [7, 11) is 0. The summed E-state index contributed by atoms with van der Waals surface area (Å²) in [5.74, 6) is 1.12. The molecule has 5 nitrogen and oxygen atoms in total. The van der Waals surface area contributed by atoms with Crippen molar-refractivity contribution in [3.8, 4) is 0 Å². The summed E-state index contributed by atoms with van der Waals surface area (Å²) >= 11 is 0. The molecule has 0 aromatic carbocycles. The molecule has 2 heterocycles. The number of likely N-dealkylation sites (tertiary alicyclic amines) is 1. The molecule has 17 heavy (non-hydrogen) atoms. The number of aromatic amines is 1. The van der Waals surface area contributed by atoms with E-state index in [4.69, 9.17) is 0 Å². The Kier molecular flexibility index (Phi) is 3.36. The number of hydrogen-bond acceptors (Lipinski definition) is 4. The van der Waals surface area contributed by atoms with Crippen LogP contribution in [0.3, 0.4) is 0 Å². The van der Waals surface area contributed by atoms with Crippen molar-refractivity contribution in [2.45, 2.75) is 57.0 Å². The second kappa shape index (κ2) is 5.12. The van der Waals surface area contributed by atoms with Gasteiger partial charge >= 0.3 is 0 Å². The van der Waals surface area contributed by atoms with Gasteiger partial charge in [-0.05, 0) is 51.0 Å². The topological polar surface area (TPSA) is 57.7 Å². The quantitative estimate of drug-likeness (QED) is 0.846. The molecule has 4 rings (SSSR count). The van der Waals surface area contributed by atoms with E-state index in [-0.39, 0.29) is 0 Å². The molecule has 3 fully saturated rings. The molecule has 0 spiro atoms. The van der Waals surface area contributed by atoms with Crippen molar-refractivity contribution in [3.05, 3.63) is 6.33 Å². The molecule has 1 N–H and O–H groups in total. The number of hydrogen-bond donors (Lipinski definition) is 1. The molecule has 0 amide bonds. The molecule has 1 unspecified atom stereocenters. The molecule has 5 heteroatoms. The summed E-state index contributed by atoms with van der Waals surface area (Å²) in [6.07, 6.45) is 11.9. The zero-order valence-corrected chi connectivity index (χ0v) is 10.3. The van der Waals surface area contributed by atoms with Crippen LogP contribution in [-0.2, 0) is 0 Å². The third-order valence-electron chi connectivity index (χ3n) is 4.04. The van der Waals surface area contributed by atoms with E-state index in [1.807, 2.05) is 0 Å². The first-order chi connectivity index (χ1) is 8.45. The molecule has 1 saturated heterocycles. The first kappa shape index (κ1) is 11.1. The van der Waals surface area contributed by atoms with E-state index in [1.54, 1.807) is 0 Å². The molecule has 1 aromatic rings. The minimum absolute atomic E-state index is 1.02. The second-order valence-corrected chi connectivity index (χ2v) is 5.43. The highest BCUT2D eigenvalue weighted by Crippen LogP contribution is 2.43. The Bertz CT molecular complexity index is 280. The van der Waals surface area contributed by atoms with Crippen LogP contribution >= 0.6 is 0 Å². The molecule has 3 aliphatic rings. The summed E-state index contributed by atoms with van der Waals surface area (Å²) in [6.45, 7) is 1.42. The van der Waals surface area contributed by atoms with Gasteiger partial charge in [0.25, 0.3) is 0 Å². The number of H-pyrrole nitrogens is 1. The van der Waals surface area contributed by atoms with Gasteiger partial charge < -0.3 is 0 Å². The summed E-state index contributed by atoms with van der Waals surface area (Å²) in [5.41, 5.74) is 0. The first-order valence-electron chi connectivity index (χ1n) is 6.87. The van der Waals surface area contributed by atoms with Crippen molar-refractivity contribution >= 4 is 0 Å². The third-order valence-corrected chi connectivity index (χ3v) is 4.04. The van der Waals surface area contributed by atoms with Crippen molar-refractivity contribution < 1.29 is 0 Å². The van der Waals surface area contributed by atoms with Gasteiger partial charge in [0.1, 0.15) is 0 Å². The van der Waals surface area contributed by atoms with E-state index in [1.165, 1.54) is 57.8 Å². The van der Waals surface area contributed by atoms with E-state index in [2.05, 4.69) is 25.5 Å². The predicted octanol–water partition coefficient (Wildman–Crippen LogP) is 1.61. The average molecular weight is 235 g/mol. The van der Waals surface area contributed by atoms with E-state index >= 15 is 0 Å². The monoisotopic (exact) mass is 235 g/mol. The summed E-state index contributed by atoms with van der Waals surface area (Å²) in [5, 5.41) is 12.2. The second-order valence-electron chi connectivity index (χ2n) is 5.43. The van der Waals surface area contributed by atoms with Gasteiger partial charge in [0.15, 0.2) is 6.33 Å². The molecule has 2 saturated carbocycles. The lowest BCUT2D eigenvalue weighted by atomic mass is 9.98. The number of aromatic nitrogens is 4. The van der Waals surface area contributed by atoms with Crippen LogP contribution in [0.15, 0.2) is 6.33 Å². The lowest BCUT2D eigenvalue weighted by molar-refractivity contribution is 0.122. The van der Waals surface area contributed by atoms with Crippen LogP contribution < -0.4 is 0 Å². The maximum atomic E-state index is 3.38. The van der Waals surface area contributed by atoms with Gasteiger partial charge in [-0.25, -0.2) is 0 Å². The SMILES string of the molecule is C1CCN(C2CC2)C(C2CC2)C1.c1nn[nH]n1. The normalized spacial score (nSPS) is 29.5. The lowest BCUT2D eigenvalue weighted by Gasteiger charge is -2.36. The Morgan fingerprint density at radius 3 is 2.47 bits per heavy atom. The van der Waals surface area contributed by atoms with Crippen molar-refractivity contribution in [1.29, 1.82) is 0 Å². The molecule has 1 atom stereocenters. The highest BCUT2D eigenvalue weighted by atomic mass is 15.5. The van der Waals surface area contributed by atoms with Gasteiger partial charge in [0, 0.05) is 12.1 Å². The molecular formula is C12H21N5. The first-order valence-corrected chi connectivity index (χ1v) is 6.87. The van der Waals surface area contributed by atoms with Gasteiger partial charge in [0.2, 0.25) is 0 Å². The Morgan fingerprint density at radius 2 is 1.94 bits per heavy atom. The van der Waals surface area contributed by atoms with Gasteiger partial charge in [-0.2, -0.15) is 5.21 Å². The fourth-order valence-corrected chi connectivity index (χ4v) is 2.96. The smallest absolute Gasteiger partial charge is 0.161 e. The van der Waals surface area contributed by atoms with Crippen LogP contribution in [-0.4, -0.2) is 44.2 Å². The summed E-state index contributed by atoms with van der Waals surface area (Å²) in [4.78, 5) is 2.85. The lowest BCUT2D eigenvalue weighted by Crippen LogP contribution is -2.42. The van der Waals surface area contributed by atoms with E-state index in [0.717, 1.165) is 18.0 Å². The van der Waals surface area contributed by atoms with Crippen molar-refractivity contribution in [1.82, 2.24) is 25.5 Å². The molecule has 94 valence electrons.